The van der Waals surface area contributed by atoms with Crippen molar-refractivity contribution in [2.45, 2.75) is 30.7 Å². The fourth-order valence-electron chi connectivity index (χ4n) is 3.59. The highest BCUT2D eigenvalue weighted by molar-refractivity contribution is 7.89. The summed E-state index contributed by atoms with van der Waals surface area (Å²) in [4.78, 5) is 16.1. The second-order valence-corrected chi connectivity index (χ2v) is 9.76. The Labute approximate surface area is 173 Å². The van der Waals surface area contributed by atoms with Gasteiger partial charge in [0.05, 0.1) is 23.4 Å². The monoisotopic (exact) mass is 431 g/mol. The number of aromatic nitrogens is 1. The first-order chi connectivity index (χ1) is 13.9. The van der Waals surface area contributed by atoms with E-state index in [1.165, 1.54) is 35.7 Å². The highest BCUT2D eigenvalue weighted by Gasteiger charge is 2.39. The third-order valence-corrected chi connectivity index (χ3v) is 7.94. The average Bonchev–Trinajstić information content (AvgIpc) is 3.34. The van der Waals surface area contributed by atoms with Gasteiger partial charge in [0.1, 0.15) is 15.7 Å². The van der Waals surface area contributed by atoms with Gasteiger partial charge in [-0.05, 0) is 43.2 Å². The number of methoxy groups -OCH3 is 1. The van der Waals surface area contributed by atoms with Crippen LogP contribution < -0.4 is 10.1 Å². The minimum Gasteiger partial charge on any atom is -0.495 e. The second-order valence-electron chi connectivity index (χ2n) is 6.84. The quantitative estimate of drug-likeness (QED) is 0.664. The molecule has 1 N–H and O–H groups in total. The van der Waals surface area contributed by atoms with Crippen LogP contribution in [0, 0.1) is 0 Å². The highest BCUT2D eigenvalue weighted by Crippen LogP contribution is 2.41. The van der Waals surface area contributed by atoms with E-state index in [4.69, 9.17) is 4.74 Å². The van der Waals surface area contributed by atoms with Crippen molar-refractivity contribution in [2.75, 3.05) is 19.0 Å². The lowest BCUT2D eigenvalue weighted by Gasteiger charge is -2.24. The third-order valence-electron chi connectivity index (χ3n) is 4.87. The first-order valence-corrected chi connectivity index (χ1v) is 11.5. The predicted octanol–water partition coefficient (Wildman–Crippen LogP) is 3.79. The summed E-state index contributed by atoms with van der Waals surface area (Å²) in [7, 11) is -2.42. The van der Waals surface area contributed by atoms with Gasteiger partial charge < -0.3 is 10.1 Å². The molecule has 9 heteroatoms. The van der Waals surface area contributed by atoms with Crippen molar-refractivity contribution in [3.8, 4) is 5.75 Å². The summed E-state index contributed by atoms with van der Waals surface area (Å²) in [5, 5.41) is 3.43. The Hall–Kier alpha value is -2.49. The zero-order valence-electron chi connectivity index (χ0n) is 16.1. The van der Waals surface area contributed by atoms with Gasteiger partial charge in [-0.25, -0.2) is 13.4 Å². The fraction of sp³-hybridized carbons (Fsp3) is 0.300. The van der Waals surface area contributed by atoms with Crippen LogP contribution >= 0.6 is 11.3 Å². The molecule has 152 valence electrons. The molecule has 1 atom stereocenters. The maximum atomic E-state index is 13.6. The maximum absolute atomic E-state index is 13.6. The number of hydrogen-bond donors (Lipinski definition) is 1. The third kappa shape index (κ3) is 3.73. The van der Waals surface area contributed by atoms with Gasteiger partial charge in [-0.1, -0.05) is 12.1 Å². The van der Waals surface area contributed by atoms with Crippen LogP contribution in [0.4, 0.5) is 5.69 Å². The molecule has 29 heavy (non-hydrogen) atoms. The highest BCUT2D eigenvalue weighted by atomic mass is 32.2. The standard InChI is InChI=1S/C20H21N3O4S2/c1-13(24)21-14-9-10-17(27-2)19(12-14)29(25,26)23-11-5-7-16(23)20-22-15-6-3-4-8-18(15)28-20/h3-4,6,8-10,12,16H,5,7,11H2,1-2H3,(H,21,24). The molecule has 0 aliphatic carbocycles. The minimum atomic E-state index is -3.85. The van der Waals surface area contributed by atoms with Crippen molar-refractivity contribution < 1.29 is 17.9 Å². The molecule has 1 fully saturated rings. The number of amides is 1. The van der Waals surface area contributed by atoms with E-state index in [-0.39, 0.29) is 22.6 Å². The Morgan fingerprint density at radius 2 is 2.07 bits per heavy atom. The molecule has 2 aromatic carbocycles. The summed E-state index contributed by atoms with van der Waals surface area (Å²) in [6.45, 7) is 1.79. The predicted molar refractivity (Wildman–Crippen MR) is 113 cm³/mol. The Bertz CT molecular complexity index is 1140. The smallest absolute Gasteiger partial charge is 0.247 e. The van der Waals surface area contributed by atoms with E-state index >= 15 is 0 Å². The van der Waals surface area contributed by atoms with Gasteiger partial charge in [0.2, 0.25) is 15.9 Å². The maximum Gasteiger partial charge on any atom is 0.247 e. The Morgan fingerprint density at radius 1 is 1.28 bits per heavy atom. The van der Waals surface area contributed by atoms with Crippen molar-refractivity contribution in [3.05, 3.63) is 47.5 Å². The number of ether oxygens (including phenoxy) is 1. The van der Waals surface area contributed by atoms with Crippen molar-refractivity contribution in [1.82, 2.24) is 9.29 Å². The number of thiazole rings is 1. The number of carbonyl (C=O) groups excluding carboxylic acids is 1. The fourth-order valence-corrected chi connectivity index (χ4v) is 6.62. The number of para-hydroxylation sites is 1. The lowest BCUT2D eigenvalue weighted by Crippen LogP contribution is -2.31. The van der Waals surface area contributed by atoms with Crippen LogP contribution in [0.5, 0.6) is 5.75 Å². The van der Waals surface area contributed by atoms with Crippen LogP contribution in [0.2, 0.25) is 0 Å². The van der Waals surface area contributed by atoms with Gasteiger partial charge in [-0.2, -0.15) is 4.31 Å². The number of sulfonamides is 1. The molecule has 1 aliphatic rings. The lowest BCUT2D eigenvalue weighted by molar-refractivity contribution is -0.114. The molecular formula is C20H21N3O4S2. The summed E-state index contributed by atoms with van der Waals surface area (Å²) in [6.07, 6.45) is 1.47. The van der Waals surface area contributed by atoms with E-state index in [1.807, 2.05) is 24.3 Å². The van der Waals surface area contributed by atoms with E-state index in [1.54, 1.807) is 12.1 Å². The van der Waals surface area contributed by atoms with Gasteiger partial charge in [0, 0.05) is 19.2 Å². The van der Waals surface area contributed by atoms with Crippen molar-refractivity contribution in [2.24, 2.45) is 0 Å². The molecular weight excluding hydrogens is 410 g/mol. The Kier molecular flexibility index (Phi) is 5.28. The number of nitrogens with zero attached hydrogens (tertiary/aromatic N) is 2. The number of nitrogens with one attached hydrogen (secondary N) is 1. The normalized spacial score (nSPS) is 17.5. The van der Waals surface area contributed by atoms with Crippen LogP contribution in [0.15, 0.2) is 47.4 Å². The largest absolute Gasteiger partial charge is 0.495 e. The lowest BCUT2D eigenvalue weighted by atomic mass is 10.2. The van der Waals surface area contributed by atoms with Gasteiger partial charge in [0.15, 0.2) is 0 Å². The molecule has 1 aliphatic heterocycles. The van der Waals surface area contributed by atoms with Crippen LogP contribution in [0.3, 0.4) is 0 Å². The van der Waals surface area contributed by atoms with Gasteiger partial charge in [-0.15, -0.1) is 11.3 Å². The molecule has 7 nitrogen and oxygen atoms in total. The van der Waals surface area contributed by atoms with Gasteiger partial charge in [-0.3, -0.25) is 4.79 Å². The van der Waals surface area contributed by atoms with Crippen LogP contribution in [-0.4, -0.2) is 37.3 Å². The molecule has 0 spiro atoms. The second kappa shape index (κ2) is 7.74. The van der Waals surface area contributed by atoms with Crippen LogP contribution in [0.1, 0.15) is 30.8 Å². The number of rotatable bonds is 5. The first kappa shape index (κ1) is 19.8. The molecule has 1 unspecified atom stereocenters. The molecule has 2 heterocycles. The van der Waals surface area contributed by atoms with E-state index in [0.29, 0.717) is 18.7 Å². The summed E-state index contributed by atoms with van der Waals surface area (Å²) in [5.41, 5.74) is 1.29. The average molecular weight is 432 g/mol. The van der Waals surface area contributed by atoms with E-state index < -0.39 is 10.0 Å². The van der Waals surface area contributed by atoms with E-state index in [9.17, 15) is 13.2 Å². The van der Waals surface area contributed by atoms with E-state index in [0.717, 1.165) is 21.6 Å². The summed E-state index contributed by atoms with van der Waals surface area (Å²) in [6, 6.07) is 12.1. The van der Waals surface area contributed by atoms with Gasteiger partial charge in [0.25, 0.3) is 0 Å². The SMILES string of the molecule is COc1ccc(NC(C)=O)cc1S(=O)(=O)N1CCCC1c1nc2ccccc2s1. The number of carbonyl (C=O) groups is 1. The summed E-state index contributed by atoms with van der Waals surface area (Å²) < 4.78 is 35.0. The van der Waals surface area contributed by atoms with E-state index in [2.05, 4.69) is 10.3 Å². The Morgan fingerprint density at radius 3 is 2.79 bits per heavy atom. The first-order valence-electron chi connectivity index (χ1n) is 9.23. The summed E-state index contributed by atoms with van der Waals surface area (Å²) >= 11 is 1.53. The zero-order valence-corrected chi connectivity index (χ0v) is 17.7. The molecule has 1 aromatic heterocycles. The molecule has 0 bridgehead atoms. The molecule has 1 saturated heterocycles. The van der Waals surface area contributed by atoms with Crippen LogP contribution in [-0.2, 0) is 14.8 Å². The number of hydrogen-bond acceptors (Lipinski definition) is 6. The molecule has 0 saturated carbocycles. The number of fused-ring (bicyclic) bond motifs is 1. The number of benzene rings is 2. The minimum absolute atomic E-state index is 0.0410. The summed E-state index contributed by atoms with van der Waals surface area (Å²) in [5.74, 6) is -0.0268. The van der Waals surface area contributed by atoms with Crippen molar-refractivity contribution >= 4 is 43.2 Å². The molecule has 0 radical (unpaired) electrons. The van der Waals surface area contributed by atoms with Crippen molar-refractivity contribution in [3.63, 3.8) is 0 Å². The van der Waals surface area contributed by atoms with Crippen LogP contribution in [0.25, 0.3) is 10.2 Å². The molecule has 3 aromatic rings. The molecule has 4 rings (SSSR count). The van der Waals surface area contributed by atoms with Crippen molar-refractivity contribution in [1.29, 1.82) is 0 Å². The van der Waals surface area contributed by atoms with Gasteiger partial charge >= 0.3 is 0 Å². The zero-order chi connectivity index (χ0) is 20.6. The number of anilines is 1. The topological polar surface area (TPSA) is 88.6 Å². The molecule has 1 amide bonds. The Balaban J connectivity index is 1.75.